The SMILES string of the molecule is CC(C)(C)OC(=O)N1C[C@H]2CC(O[Si](C)(C)C(C)(C)C)C[C@@H](C1)N2c1nc2c(s1)CN(C(=O)CC1CCCC1)CC2. The third-order valence-corrected chi connectivity index (χ3v) is 15.5. The summed E-state index contributed by atoms with van der Waals surface area (Å²) in [6.07, 6.45) is 8.17. The van der Waals surface area contributed by atoms with Crippen molar-refractivity contribution in [3.8, 4) is 0 Å². The molecule has 10 heteroatoms. The van der Waals surface area contributed by atoms with Crippen molar-refractivity contribution in [1.82, 2.24) is 14.8 Å². The first kappa shape index (κ1) is 30.8. The van der Waals surface area contributed by atoms with E-state index in [2.05, 4.69) is 43.7 Å². The molecule has 1 unspecified atom stereocenters. The topological polar surface area (TPSA) is 75.2 Å². The third-order valence-electron chi connectivity index (χ3n) is 9.87. The summed E-state index contributed by atoms with van der Waals surface area (Å²) >= 11 is 1.75. The van der Waals surface area contributed by atoms with Crippen molar-refractivity contribution in [2.75, 3.05) is 24.5 Å². The van der Waals surface area contributed by atoms with E-state index in [1.54, 1.807) is 11.3 Å². The first-order valence-electron chi connectivity index (χ1n) is 15.8. The van der Waals surface area contributed by atoms with E-state index in [-0.39, 0.29) is 29.3 Å². The number of anilines is 1. The molecular formula is C31H52N4O4SSi. The van der Waals surface area contributed by atoms with Gasteiger partial charge >= 0.3 is 6.09 Å². The molecule has 0 aromatic carbocycles. The fourth-order valence-electron chi connectivity index (χ4n) is 6.71. The lowest BCUT2D eigenvalue weighted by Gasteiger charge is -2.53. The molecule has 2 bridgehead atoms. The van der Waals surface area contributed by atoms with Gasteiger partial charge in [0.25, 0.3) is 0 Å². The quantitative estimate of drug-likeness (QED) is 0.353. The van der Waals surface area contributed by atoms with Crippen LogP contribution in [0.25, 0.3) is 0 Å². The Morgan fingerprint density at radius 3 is 2.22 bits per heavy atom. The van der Waals surface area contributed by atoms with Gasteiger partial charge in [-0.05, 0) is 70.5 Å². The zero-order valence-electron chi connectivity index (χ0n) is 26.6. The molecule has 0 radical (unpaired) electrons. The Balaban J connectivity index is 1.33. The molecular weight excluding hydrogens is 553 g/mol. The Kier molecular flexibility index (Phi) is 8.60. The molecule has 4 aliphatic rings. The highest BCUT2D eigenvalue weighted by Crippen LogP contribution is 2.43. The van der Waals surface area contributed by atoms with E-state index in [1.165, 1.54) is 30.6 Å². The second kappa shape index (κ2) is 11.4. The van der Waals surface area contributed by atoms with Crippen LogP contribution in [0.3, 0.4) is 0 Å². The van der Waals surface area contributed by atoms with Crippen LogP contribution in [0.5, 0.6) is 0 Å². The molecule has 8 nitrogen and oxygen atoms in total. The number of piperidine rings is 1. The normalized spacial score (nSPS) is 25.9. The van der Waals surface area contributed by atoms with Crippen LogP contribution in [0.2, 0.25) is 18.1 Å². The van der Waals surface area contributed by atoms with Crippen LogP contribution in [0.4, 0.5) is 9.93 Å². The number of hydrogen-bond donors (Lipinski definition) is 0. The Morgan fingerprint density at radius 1 is 1.00 bits per heavy atom. The molecule has 0 spiro atoms. The maximum Gasteiger partial charge on any atom is 0.410 e. The Morgan fingerprint density at radius 2 is 1.63 bits per heavy atom. The summed E-state index contributed by atoms with van der Waals surface area (Å²) < 4.78 is 12.7. The predicted molar refractivity (Wildman–Crippen MR) is 167 cm³/mol. The highest BCUT2D eigenvalue weighted by atomic mass is 32.1. The van der Waals surface area contributed by atoms with Crippen molar-refractivity contribution in [3.05, 3.63) is 10.6 Å². The van der Waals surface area contributed by atoms with Crippen LogP contribution in [0.1, 0.15) is 97.1 Å². The van der Waals surface area contributed by atoms with E-state index in [0.717, 1.165) is 36.6 Å². The summed E-state index contributed by atoms with van der Waals surface area (Å²) in [6, 6.07) is 0.245. The fraction of sp³-hybridized carbons (Fsp3) is 0.839. The van der Waals surface area contributed by atoms with Crippen LogP contribution in [-0.4, -0.2) is 78.5 Å². The van der Waals surface area contributed by atoms with E-state index < -0.39 is 13.9 Å². The number of hydrogen-bond acceptors (Lipinski definition) is 7. The summed E-state index contributed by atoms with van der Waals surface area (Å²) in [7, 11) is -1.93. The second-order valence-electron chi connectivity index (χ2n) is 15.4. The zero-order chi connectivity index (χ0) is 29.7. The third kappa shape index (κ3) is 6.95. The van der Waals surface area contributed by atoms with E-state index in [4.69, 9.17) is 14.1 Å². The maximum atomic E-state index is 13.1. The van der Waals surface area contributed by atoms with Gasteiger partial charge in [-0.3, -0.25) is 4.79 Å². The molecule has 41 heavy (non-hydrogen) atoms. The van der Waals surface area contributed by atoms with Gasteiger partial charge in [0.05, 0.1) is 24.3 Å². The summed E-state index contributed by atoms with van der Waals surface area (Å²) in [4.78, 5) is 39.1. The van der Waals surface area contributed by atoms with Crippen LogP contribution in [0.15, 0.2) is 0 Å². The van der Waals surface area contributed by atoms with Crippen molar-refractivity contribution < 1.29 is 18.8 Å². The number of thiazole rings is 1. The van der Waals surface area contributed by atoms with E-state index >= 15 is 0 Å². The molecule has 230 valence electrons. The summed E-state index contributed by atoms with van der Waals surface area (Å²) in [6.45, 7) is 20.0. The number of fused-ring (bicyclic) bond motifs is 3. The fourth-order valence-corrected chi connectivity index (χ4v) is 9.36. The molecule has 2 saturated heterocycles. The number of piperazine rings is 1. The molecule has 1 aliphatic carbocycles. The molecule has 3 atom stereocenters. The number of nitrogens with zero attached hydrogens (tertiary/aromatic N) is 4. The van der Waals surface area contributed by atoms with Gasteiger partial charge in [-0.2, -0.15) is 0 Å². The number of ether oxygens (including phenoxy) is 1. The molecule has 4 heterocycles. The van der Waals surface area contributed by atoms with E-state index in [9.17, 15) is 9.59 Å². The number of carbonyl (C=O) groups is 2. The number of amides is 2. The summed E-state index contributed by atoms with van der Waals surface area (Å²) in [5.41, 5.74) is 0.629. The molecule has 2 amide bonds. The number of carbonyl (C=O) groups excluding carboxylic acids is 2. The lowest BCUT2D eigenvalue weighted by Crippen LogP contribution is -2.65. The first-order valence-corrected chi connectivity index (χ1v) is 19.5. The van der Waals surface area contributed by atoms with Gasteiger partial charge in [0.15, 0.2) is 13.4 Å². The van der Waals surface area contributed by atoms with Crippen molar-refractivity contribution in [2.45, 2.75) is 141 Å². The van der Waals surface area contributed by atoms with Gasteiger partial charge in [0, 0.05) is 43.5 Å². The average Bonchev–Trinajstić information content (AvgIpc) is 3.50. The molecule has 3 aliphatic heterocycles. The molecule has 1 aromatic rings. The molecule has 1 aromatic heterocycles. The minimum atomic E-state index is -1.93. The summed E-state index contributed by atoms with van der Waals surface area (Å²) in [5.74, 6) is 0.883. The van der Waals surface area contributed by atoms with E-state index in [1.807, 2.05) is 25.7 Å². The van der Waals surface area contributed by atoms with Gasteiger partial charge in [0.1, 0.15) is 5.60 Å². The maximum absolute atomic E-state index is 13.1. The Labute approximate surface area is 252 Å². The molecule has 1 saturated carbocycles. The van der Waals surface area contributed by atoms with Gasteiger partial charge < -0.3 is 23.9 Å². The minimum absolute atomic E-state index is 0.123. The second-order valence-corrected chi connectivity index (χ2v) is 21.2. The van der Waals surface area contributed by atoms with Crippen molar-refractivity contribution >= 4 is 36.8 Å². The predicted octanol–water partition coefficient (Wildman–Crippen LogP) is 6.59. The highest BCUT2D eigenvalue weighted by molar-refractivity contribution is 7.15. The van der Waals surface area contributed by atoms with Gasteiger partial charge in [-0.1, -0.05) is 44.9 Å². The van der Waals surface area contributed by atoms with Crippen molar-refractivity contribution in [3.63, 3.8) is 0 Å². The lowest BCUT2D eigenvalue weighted by atomic mass is 9.90. The molecule has 5 rings (SSSR count). The highest BCUT2D eigenvalue weighted by Gasteiger charge is 2.48. The van der Waals surface area contributed by atoms with Gasteiger partial charge in [-0.15, -0.1) is 0 Å². The van der Waals surface area contributed by atoms with Crippen molar-refractivity contribution in [2.24, 2.45) is 5.92 Å². The molecule has 0 N–H and O–H groups in total. The zero-order valence-corrected chi connectivity index (χ0v) is 28.4. The number of likely N-dealkylation sites (tertiary alicyclic amines) is 1. The number of aromatic nitrogens is 1. The lowest BCUT2D eigenvalue weighted by molar-refractivity contribution is -0.133. The van der Waals surface area contributed by atoms with Crippen molar-refractivity contribution in [1.29, 1.82) is 0 Å². The summed E-state index contributed by atoms with van der Waals surface area (Å²) in [5, 5.41) is 1.20. The van der Waals surface area contributed by atoms with Gasteiger partial charge in [0.2, 0.25) is 5.91 Å². The average molecular weight is 605 g/mol. The Hall–Kier alpha value is -1.65. The largest absolute Gasteiger partial charge is 0.444 e. The van der Waals surface area contributed by atoms with Crippen LogP contribution in [0, 0.1) is 5.92 Å². The van der Waals surface area contributed by atoms with Crippen LogP contribution < -0.4 is 4.90 Å². The van der Waals surface area contributed by atoms with E-state index in [0.29, 0.717) is 37.9 Å². The van der Waals surface area contributed by atoms with Gasteiger partial charge in [-0.25, -0.2) is 9.78 Å². The van der Waals surface area contributed by atoms with Crippen LogP contribution >= 0.6 is 11.3 Å². The van der Waals surface area contributed by atoms with Crippen LogP contribution in [-0.2, 0) is 26.9 Å². The smallest absolute Gasteiger partial charge is 0.410 e. The number of rotatable bonds is 5. The minimum Gasteiger partial charge on any atom is -0.444 e. The monoisotopic (exact) mass is 604 g/mol. The standard InChI is InChI=1S/C31H52N4O4SSi/c1-30(2,3)38-29(37)34-18-22-16-24(39-41(7,8)31(4,5)6)17-23(19-34)35(22)28-32-25-13-14-33(20-26(25)40-28)27(36)15-21-11-9-10-12-21/h21-24H,9-20H2,1-8H3/t22-,23+,24?. The Bertz CT molecular complexity index is 1100. The first-order chi connectivity index (χ1) is 19.1. The molecule has 3 fully saturated rings.